The SMILES string of the molecule is Nc1ncnn2c(-c3ccccc3)c(/C=C/C(=O)O)c(-c3ccc(Oc4ccccc4)cc3)c12. The van der Waals surface area contributed by atoms with Gasteiger partial charge in [0.1, 0.15) is 23.3 Å². The quantitative estimate of drug-likeness (QED) is 0.331. The summed E-state index contributed by atoms with van der Waals surface area (Å²) in [6.45, 7) is 0. The maximum Gasteiger partial charge on any atom is 0.328 e. The summed E-state index contributed by atoms with van der Waals surface area (Å²) < 4.78 is 7.63. The van der Waals surface area contributed by atoms with E-state index in [0.717, 1.165) is 34.2 Å². The Morgan fingerprint density at radius 2 is 1.53 bits per heavy atom. The Bertz CT molecular complexity index is 1490. The van der Waals surface area contributed by atoms with Gasteiger partial charge in [-0.25, -0.2) is 14.3 Å². The maximum atomic E-state index is 11.4. The summed E-state index contributed by atoms with van der Waals surface area (Å²) in [6.07, 6.45) is 4.07. The molecule has 7 heteroatoms. The van der Waals surface area contributed by atoms with Crippen LogP contribution in [0.25, 0.3) is 34.0 Å². The molecule has 0 atom stereocenters. The molecule has 3 N–H and O–H groups in total. The van der Waals surface area contributed by atoms with Crippen molar-refractivity contribution in [1.29, 1.82) is 0 Å². The second-order valence-electron chi connectivity index (χ2n) is 7.52. The number of carboxylic acids is 1. The van der Waals surface area contributed by atoms with Crippen LogP contribution in [0.4, 0.5) is 5.82 Å². The van der Waals surface area contributed by atoms with E-state index >= 15 is 0 Å². The molecule has 3 aromatic carbocycles. The van der Waals surface area contributed by atoms with Gasteiger partial charge in [-0.2, -0.15) is 5.10 Å². The number of carboxylic acid groups (broad SMARTS) is 1. The summed E-state index contributed by atoms with van der Waals surface area (Å²) in [7, 11) is 0. The molecule has 0 aliphatic rings. The number of para-hydroxylation sites is 1. The van der Waals surface area contributed by atoms with Gasteiger partial charge in [0.05, 0.1) is 5.69 Å². The molecule has 0 fully saturated rings. The first kappa shape index (κ1) is 21.0. The molecule has 2 aromatic heterocycles. The largest absolute Gasteiger partial charge is 0.478 e. The second-order valence-corrected chi connectivity index (χ2v) is 7.52. The molecule has 2 heterocycles. The molecule has 34 heavy (non-hydrogen) atoms. The molecule has 0 radical (unpaired) electrons. The predicted octanol–water partition coefficient (Wildman–Crippen LogP) is 5.54. The van der Waals surface area contributed by atoms with E-state index in [1.807, 2.05) is 84.9 Å². The van der Waals surface area contributed by atoms with Crippen molar-refractivity contribution in [2.75, 3.05) is 5.73 Å². The fraction of sp³-hybridized carbons (Fsp3) is 0. The van der Waals surface area contributed by atoms with Gasteiger partial charge < -0.3 is 15.6 Å². The highest BCUT2D eigenvalue weighted by atomic mass is 16.5. The van der Waals surface area contributed by atoms with E-state index in [1.54, 1.807) is 10.6 Å². The third kappa shape index (κ3) is 3.98. The summed E-state index contributed by atoms with van der Waals surface area (Å²) in [5.41, 5.74) is 10.7. The van der Waals surface area contributed by atoms with Gasteiger partial charge >= 0.3 is 5.97 Å². The van der Waals surface area contributed by atoms with E-state index in [1.165, 1.54) is 6.33 Å². The number of benzene rings is 3. The first-order chi connectivity index (χ1) is 16.6. The van der Waals surface area contributed by atoms with Gasteiger partial charge in [0.15, 0.2) is 5.82 Å². The molecule has 0 saturated heterocycles. The minimum Gasteiger partial charge on any atom is -0.478 e. The summed E-state index contributed by atoms with van der Waals surface area (Å²) in [4.78, 5) is 15.6. The van der Waals surface area contributed by atoms with Crippen molar-refractivity contribution in [1.82, 2.24) is 14.6 Å². The lowest BCUT2D eigenvalue weighted by Crippen LogP contribution is -2.00. The van der Waals surface area contributed by atoms with Gasteiger partial charge in [0.25, 0.3) is 0 Å². The highest BCUT2D eigenvalue weighted by molar-refractivity contribution is 6.01. The number of nitrogen functional groups attached to an aromatic ring is 1. The first-order valence-corrected chi connectivity index (χ1v) is 10.6. The van der Waals surface area contributed by atoms with E-state index in [4.69, 9.17) is 10.5 Å². The van der Waals surface area contributed by atoms with E-state index in [2.05, 4.69) is 10.1 Å². The molecule has 7 nitrogen and oxygen atoms in total. The van der Waals surface area contributed by atoms with Crippen molar-refractivity contribution >= 4 is 23.4 Å². The predicted molar refractivity (Wildman–Crippen MR) is 131 cm³/mol. The van der Waals surface area contributed by atoms with E-state index in [0.29, 0.717) is 22.6 Å². The van der Waals surface area contributed by atoms with Crippen LogP contribution in [0, 0.1) is 0 Å². The first-order valence-electron chi connectivity index (χ1n) is 10.6. The molecule has 0 bridgehead atoms. The van der Waals surface area contributed by atoms with Crippen LogP contribution in [0.2, 0.25) is 0 Å². The van der Waals surface area contributed by atoms with Crippen LogP contribution in [0.1, 0.15) is 5.56 Å². The zero-order chi connectivity index (χ0) is 23.5. The lowest BCUT2D eigenvalue weighted by Gasteiger charge is -2.08. The topological polar surface area (TPSA) is 103 Å². The lowest BCUT2D eigenvalue weighted by molar-refractivity contribution is -0.131. The van der Waals surface area contributed by atoms with E-state index in [9.17, 15) is 9.90 Å². The molecular weight excluding hydrogens is 428 g/mol. The molecule has 0 saturated carbocycles. The number of ether oxygens (including phenoxy) is 1. The normalized spacial score (nSPS) is 11.2. The van der Waals surface area contributed by atoms with Crippen LogP contribution in [-0.4, -0.2) is 25.7 Å². The number of nitrogens with two attached hydrogens (primary N) is 1. The number of carbonyl (C=O) groups is 1. The van der Waals surface area contributed by atoms with Crippen molar-refractivity contribution in [2.24, 2.45) is 0 Å². The summed E-state index contributed by atoms with van der Waals surface area (Å²) in [5.74, 6) is 0.653. The summed E-state index contributed by atoms with van der Waals surface area (Å²) in [5, 5.41) is 13.8. The number of aliphatic carboxylic acids is 1. The smallest absolute Gasteiger partial charge is 0.328 e. The number of nitrogens with zero attached hydrogens (tertiary/aromatic N) is 3. The Balaban J connectivity index is 1.71. The zero-order valence-corrected chi connectivity index (χ0v) is 18.0. The molecule has 0 amide bonds. The van der Waals surface area contributed by atoms with Crippen molar-refractivity contribution in [3.05, 3.63) is 103 Å². The molecule has 5 aromatic rings. The number of anilines is 1. The molecule has 0 spiro atoms. The number of hydrogen-bond donors (Lipinski definition) is 2. The molecular formula is C27H20N4O3. The van der Waals surface area contributed by atoms with Crippen LogP contribution in [-0.2, 0) is 4.79 Å². The van der Waals surface area contributed by atoms with Gasteiger partial charge in [-0.15, -0.1) is 0 Å². The average Bonchev–Trinajstić information content (AvgIpc) is 3.20. The van der Waals surface area contributed by atoms with Crippen LogP contribution in [0.5, 0.6) is 11.5 Å². The average molecular weight is 448 g/mol. The molecule has 166 valence electrons. The number of hydrogen-bond acceptors (Lipinski definition) is 5. The Morgan fingerprint density at radius 3 is 2.21 bits per heavy atom. The van der Waals surface area contributed by atoms with Gasteiger partial charge in [-0.3, -0.25) is 0 Å². The van der Waals surface area contributed by atoms with E-state index < -0.39 is 5.97 Å². The highest BCUT2D eigenvalue weighted by Crippen LogP contribution is 2.41. The molecule has 0 aliphatic carbocycles. The third-order valence-electron chi connectivity index (χ3n) is 5.35. The highest BCUT2D eigenvalue weighted by Gasteiger charge is 2.22. The lowest BCUT2D eigenvalue weighted by atomic mass is 9.98. The van der Waals surface area contributed by atoms with Crippen LogP contribution in [0.15, 0.2) is 97.3 Å². The maximum absolute atomic E-state index is 11.4. The van der Waals surface area contributed by atoms with E-state index in [-0.39, 0.29) is 0 Å². The van der Waals surface area contributed by atoms with Crippen LogP contribution >= 0.6 is 0 Å². The minimum absolute atomic E-state index is 0.293. The van der Waals surface area contributed by atoms with Gasteiger partial charge in [0.2, 0.25) is 0 Å². The number of aromatic nitrogens is 3. The Labute approximate surface area is 195 Å². The second kappa shape index (κ2) is 8.91. The van der Waals surface area contributed by atoms with Crippen molar-refractivity contribution in [3.8, 4) is 33.9 Å². The van der Waals surface area contributed by atoms with Gasteiger partial charge in [-0.1, -0.05) is 60.7 Å². The van der Waals surface area contributed by atoms with Crippen molar-refractivity contribution in [2.45, 2.75) is 0 Å². The van der Waals surface area contributed by atoms with Crippen LogP contribution in [0.3, 0.4) is 0 Å². The minimum atomic E-state index is -1.05. The van der Waals surface area contributed by atoms with Crippen molar-refractivity contribution in [3.63, 3.8) is 0 Å². The monoisotopic (exact) mass is 448 g/mol. The number of fused-ring (bicyclic) bond motifs is 1. The summed E-state index contributed by atoms with van der Waals surface area (Å²) >= 11 is 0. The Kier molecular flexibility index (Phi) is 5.50. The standard InChI is InChI=1S/C27H20N4O3/c28-27-26-24(18-11-13-21(14-12-18)34-20-9-5-2-6-10-20)22(15-16-23(32)33)25(31(26)30-17-29-27)19-7-3-1-4-8-19/h1-17H,(H,32,33)(H2,28,29,30)/b16-15+. The van der Waals surface area contributed by atoms with Crippen molar-refractivity contribution < 1.29 is 14.6 Å². The Hall–Kier alpha value is -4.91. The van der Waals surface area contributed by atoms with Crippen LogP contribution < -0.4 is 10.5 Å². The third-order valence-corrected chi connectivity index (χ3v) is 5.35. The fourth-order valence-corrected chi connectivity index (χ4v) is 3.93. The molecule has 0 unspecified atom stereocenters. The fourth-order valence-electron chi connectivity index (χ4n) is 3.93. The molecule has 0 aliphatic heterocycles. The zero-order valence-electron chi connectivity index (χ0n) is 18.0. The molecule has 5 rings (SSSR count). The Morgan fingerprint density at radius 1 is 0.882 bits per heavy atom. The van der Waals surface area contributed by atoms with Gasteiger partial charge in [0, 0.05) is 22.8 Å². The van der Waals surface area contributed by atoms with Gasteiger partial charge in [-0.05, 0) is 35.9 Å². The summed E-state index contributed by atoms with van der Waals surface area (Å²) in [6, 6.07) is 26.7. The number of rotatable bonds is 6.